The van der Waals surface area contributed by atoms with E-state index in [0.29, 0.717) is 29.7 Å². The Morgan fingerprint density at radius 1 is 0.864 bits per heavy atom. The average Bonchev–Trinajstić information content (AvgIpc) is 2.55. The lowest BCUT2D eigenvalue weighted by molar-refractivity contribution is 0.0957. The highest BCUT2D eigenvalue weighted by atomic mass is 19.1. The maximum absolute atomic E-state index is 12.8. The van der Waals surface area contributed by atoms with Crippen LogP contribution in [0.4, 0.5) is 4.39 Å². The van der Waals surface area contributed by atoms with Gasteiger partial charge in [-0.3, -0.25) is 9.59 Å². The first-order valence-corrected chi connectivity index (χ1v) is 7.06. The number of carbonyl (C=O) groups is 2. The van der Waals surface area contributed by atoms with Gasteiger partial charge in [0.05, 0.1) is 7.11 Å². The molecule has 0 spiro atoms. The normalized spacial score (nSPS) is 10.3. The van der Waals surface area contributed by atoms with Crippen LogP contribution in [0.1, 0.15) is 40.0 Å². The Bertz CT molecular complexity index is 645. The second-order valence-electron chi connectivity index (χ2n) is 4.94. The van der Waals surface area contributed by atoms with E-state index in [1.54, 1.807) is 31.4 Å². The van der Waals surface area contributed by atoms with E-state index in [2.05, 4.69) is 0 Å². The van der Waals surface area contributed by atoms with E-state index in [4.69, 9.17) is 4.74 Å². The van der Waals surface area contributed by atoms with Crippen molar-refractivity contribution in [2.24, 2.45) is 0 Å². The molecule has 0 amide bonds. The minimum absolute atomic E-state index is 0.00504. The molecule has 2 aromatic carbocycles. The summed E-state index contributed by atoms with van der Waals surface area (Å²) in [5, 5.41) is 0. The van der Waals surface area contributed by atoms with E-state index >= 15 is 0 Å². The Kier molecular flexibility index (Phi) is 5.42. The molecule has 0 aliphatic heterocycles. The molecule has 0 aliphatic carbocycles. The molecule has 114 valence electrons. The Morgan fingerprint density at radius 2 is 1.32 bits per heavy atom. The van der Waals surface area contributed by atoms with E-state index in [-0.39, 0.29) is 23.8 Å². The smallest absolute Gasteiger partial charge is 0.162 e. The average molecular weight is 300 g/mol. The second-order valence-corrected chi connectivity index (χ2v) is 4.94. The molecule has 0 bridgehead atoms. The molecule has 0 saturated heterocycles. The maximum atomic E-state index is 12.8. The first-order valence-electron chi connectivity index (χ1n) is 7.06. The van der Waals surface area contributed by atoms with Crippen molar-refractivity contribution in [3.05, 3.63) is 65.5 Å². The number of Topliss-reactive ketones (excluding diaryl/α,β-unsaturated/α-hetero) is 2. The van der Waals surface area contributed by atoms with Gasteiger partial charge >= 0.3 is 0 Å². The molecule has 0 atom stereocenters. The van der Waals surface area contributed by atoms with Gasteiger partial charge in [0.25, 0.3) is 0 Å². The Balaban J connectivity index is 1.83. The van der Waals surface area contributed by atoms with Gasteiger partial charge in [-0.05, 0) is 55.0 Å². The van der Waals surface area contributed by atoms with Gasteiger partial charge in [0, 0.05) is 24.0 Å². The summed E-state index contributed by atoms with van der Waals surface area (Å²) < 4.78 is 17.8. The number of carbonyl (C=O) groups excluding carboxylic acids is 2. The number of hydrogen-bond donors (Lipinski definition) is 0. The molecule has 0 radical (unpaired) electrons. The van der Waals surface area contributed by atoms with Gasteiger partial charge in [-0.1, -0.05) is 0 Å². The summed E-state index contributed by atoms with van der Waals surface area (Å²) in [5.74, 6) is 0.242. The maximum Gasteiger partial charge on any atom is 0.162 e. The number of halogens is 1. The first kappa shape index (κ1) is 15.9. The van der Waals surface area contributed by atoms with Gasteiger partial charge in [0.15, 0.2) is 11.6 Å². The van der Waals surface area contributed by atoms with Crippen molar-refractivity contribution in [3.8, 4) is 5.75 Å². The van der Waals surface area contributed by atoms with E-state index in [1.165, 1.54) is 24.3 Å². The molecular formula is C18H17FO3. The van der Waals surface area contributed by atoms with E-state index in [1.807, 2.05) is 0 Å². The van der Waals surface area contributed by atoms with Gasteiger partial charge in [0.1, 0.15) is 11.6 Å². The van der Waals surface area contributed by atoms with Gasteiger partial charge in [-0.15, -0.1) is 0 Å². The summed E-state index contributed by atoms with van der Waals surface area (Å²) in [7, 11) is 1.57. The molecule has 0 heterocycles. The second kappa shape index (κ2) is 7.50. The zero-order valence-electron chi connectivity index (χ0n) is 12.3. The first-order chi connectivity index (χ1) is 10.6. The van der Waals surface area contributed by atoms with E-state index in [0.717, 1.165) is 0 Å². The van der Waals surface area contributed by atoms with Crippen molar-refractivity contribution >= 4 is 11.6 Å². The van der Waals surface area contributed by atoms with Crippen LogP contribution in [0, 0.1) is 5.82 Å². The third-order valence-electron chi connectivity index (χ3n) is 3.39. The molecule has 22 heavy (non-hydrogen) atoms. The van der Waals surface area contributed by atoms with Gasteiger partial charge in [0.2, 0.25) is 0 Å². The Hall–Kier alpha value is -2.49. The van der Waals surface area contributed by atoms with Gasteiger partial charge in [-0.25, -0.2) is 4.39 Å². The lowest BCUT2D eigenvalue weighted by Gasteiger charge is -2.03. The van der Waals surface area contributed by atoms with Crippen LogP contribution in [-0.4, -0.2) is 18.7 Å². The van der Waals surface area contributed by atoms with Crippen LogP contribution in [0.15, 0.2) is 48.5 Å². The van der Waals surface area contributed by atoms with Crippen LogP contribution in [0.2, 0.25) is 0 Å². The summed E-state index contributed by atoms with van der Waals surface area (Å²) in [6.45, 7) is 0. The molecule has 0 unspecified atom stereocenters. The summed E-state index contributed by atoms with van der Waals surface area (Å²) in [6, 6.07) is 12.3. The third-order valence-corrected chi connectivity index (χ3v) is 3.39. The minimum Gasteiger partial charge on any atom is -0.497 e. The van der Waals surface area contributed by atoms with E-state index in [9.17, 15) is 14.0 Å². The zero-order chi connectivity index (χ0) is 15.9. The molecule has 4 heteroatoms. The Labute approximate surface area is 128 Å². The van der Waals surface area contributed by atoms with Crippen molar-refractivity contribution in [2.75, 3.05) is 7.11 Å². The molecule has 2 rings (SSSR count). The van der Waals surface area contributed by atoms with Gasteiger partial charge in [-0.2, -0.15) is 0 Å². The molecule has 2 aromatic rings. The van der Waals surface area contributed by atoms with Crippen molar-refractivity contribution < 1.29 is 18.7 Å². The van der Waals surface area contributed by atoms with Crippen LogP contribution in [0.5, 0.6) is 5.75 Å². The fourth-order valence-electron chi connectivity index (χ4n) is 2.11. The van der Waals surface area contributed by atoms with Crippen molar-refractivity contribution in [3.63, 3.8) is 0 Å². The molecular weight excluding hydrogens is 283 g/mol. The predicted molar refractivity (Wildman–Crippen MR) is 81.9 cm³/mol. The highest BCUT2D eigenvalue weighted by Crippen LogP contribution is 2.15. The molecule has 0 fully saturated rings. The van der Waals surface area contributed by atoms with E-state index < -0.39 is 0 Å². The summed E-state index contributed by atoms with van der Waals surface area (Å²) >= 11 is 0. The predicted octanol–water partition coefficient (Wildman–Crippen LogP) is 4.07. The standard InChI is InChI=1S/C18H17FO3/c1-22-16-11-7-14(8-12-16)18(21)4-2-3-17(20)13-5-9-15(19)10-6-13/h5-12H,2-4H2,1H3. The van der Waals surface area contributed by atoms with Crippen LogP contribution >= 0.6 is 0 Å². The largest absolute Gasteiger partial charge is 0.497 e. The zero-order valence-corrected chi connectivity index (χ0v) is 12.3. The summed E-state index contributed by atoms with van der Waals surface area (Å²) in [6.07, 6.45) is 1.05. The van der Waals surface area contributed by atoms with Crippen molar-refractivity contribution in [1.82, 2.24) is 0 Å². The minimum atomic E-state index is -0.369. The number of benzene rings is 2. The van der Waals surface area contributed by atoms with Gasteiger partial charge < -0.3 is 4.74 Å². The van der Waals surface area contributed by atoms with Crippen LogP contribution in [-0.2, 0) is 0 Å². The highest BCUT2D eigenvalue weighted by molar-refractivity contribution is 5.98. The van der Waals surface area contributed by atoms with Crippen LogP contribution < -0.4 is 4.74 Å². The number of rotatable bonds is 7. The molecule has 3 nitrogen and oxygen atoms in total. The summed E-state index contributed by atoms with van der Waals surface area (Å²) in [4.78, 5) is 23.9. The number of methoxy groups -OCH3 is 1. The molecule has 0 N–H and O–H groups in total. The molecule has 0 aliphatic rings. The fourth-order valence-corrected chi connectivity index (χ4v) is 2.11. The molecule has 0 aromatic heterocycles. The number of ketones is 2. The van der Waals surface area contributed by atoms with Crippen molar-refractivity contribution in [2.45, 2.75) is 19.3 Å². The summed E-state index contributed by atoms with van der Waals surface area (Å²) in [5.41, 5.74) is 1.08. The lowest BCUT2D eigenvalue weighted by atomic mass is 10.0. The monoisotopic (exact) mass is 300 g/mol. The fraction of sp³-hybridized carbons (Fsp3) is 0.222. The Morgan fingerprint density at radius 3 is 1.77 bits per heavy atom. The molecule has 0 saturated carbocycles. The number of hydrogen-bond acceptors (Lipinski definition) is 3. The number of ether oxygens (including phenoxy) is 1. The quantitative estimate of drug-likeness (QED) is 0.724. The van der Waals surface area contributed by atoms with Crippen LogP contribution in [0.3, 0.4) is 0 Å². The van der Waals surface area contributed by atoms with Crippen LogP contribution in [0.25, 0.3) is 0 Å². The van der Waals surface area contributed by atoms with Crippen molar-refractivity contribution in [1.29, 1.82) is 0 Å². The lowest BCUT2D eigenvalue weighted by Crippen LogP contribution is -2.03. The highest BCUT2D eigenvalue weighted by Gasteiger charge is 2.09. The SMILES string of the molecule is COc1ccc(C(=O)CCCC(=O)c2ccc(F)cc2)cc1. The topological polar surface area (TPSA) is 43.4 Å². The third kappa shape index (κ3) is 4.25.